The van der Waals surface area contributed by atoms with Gasteiger partial charge in [0.25, 0.3) is 0 Å². The largest absolute Gasteiger partial charge is 0.355 e. The maximum atomic E-state index is 12.2. The molecule has 0 aromatic heterocycles. The Balaban J connectivity index is 1.80. The van der Waals surface area contributed by atoms with E-state index in [1.54, 1.807) is 0 Å². The highest BCUT2D eigenvalue weighted by Gasteiger charge is 2.32. The molecule has 0 bridgehead atoms. The molecule has 3 nitrogen and oxygen atoms in total. The molecule has 98 valence electrons. The first-order chi connectivity index (χ1) is 8.11. The Morgan fingerprint density at radius 3 is 2.71 bits per heavy atom. The molecular weight excluding hydrogens is 212 g/mol. The molecule has 1 heterocycles. The van der Waals surface area contributed by atoms with Crippen LogP contribution in [0.25, 0.3) is 0 Å². The summed E-state index contributed by atoms with van der Waals surface area (Å²) in [7, 11) is 0. The first-order valence-electron chi connectivity index (χ1n) is 7.12. The number of rotatable bonds is 3. The highest BCUT2D eigenvalue weighted by Crippen LogP contribution is 2.36. The van der Waals surface area contributed by atoms with Crippen LogP contribution < -0.4 is 10.6 Å². The average molecular weight is 238 g/mol. The van der Waals surface area contributed by atoms with Crippen LogP contribution in [0.3, 0.4) is 0 Å². The molecule has 1 aliphatic carbocycles. The normalized spacial score (nSPS) is 32.4. The minimum atomic E-state index is 0.175. The number of piperidine rings is 1. The highest BCUT2D eigenvalue weighted by atomic mass is 16.1. The SMILES string of the molecule is CC1NCCCC1C(=O)NCC1(C)CCCC1. The van der Waals surface area contributed by atoms with Crippen LogP contribution >= 0.6 is 0 Å². The van der Waals surface area contributed by atoms with Crippen molar-refractivity contribution in [3.63, 3.8) is 0 Å². The zero-order valence-electron chi connectivity index (χ0n) is 11.2. The Morgan fingerprint density at radius 2 is 2.06 bits per heavy atom. The topological polar surface area (TPSA) is 41.1 Å². The predicted octanol–water partition coefficient (Wildman–Crippen LogP) is 2.07. The lowest BCUT2D eigenvalue weighted by molar-refractivity contribution is -0.127. The van der Waals surface area contributed by atoms with Gasteiger partial charge in [0.05, 0.1) is 5.92 Å². The van der Waals surface area contributed by atoms with Gasteiger partial charge < -0.3 is 10.6 Å². The molecule has 2 rings (SSSR count). The first kappa shape index (κ1) is 12.9. The summed E-state index contributed by atoms with van der Waals surface area (Å²) < 4.78 is 0. The molecule has 2 N–H and O–H groups in total. The van der Waals surface area contributed by atoms with Crippen molar-refractivity contribution in [2.45, 2.75) is 58.4 Å². The Kier molecular flexibility index (Phi) is 4.08. The monoisotopic (exact) mass is 238 g/mol. The molecule has 0 aromatic carbocycles. The molecular formula is C14H26N2O. The van der Waals surface area contributed by atoms with Crippen molar-refractivity contribution in [2.24, 2.45) is 11.3 Å². The van der Waals surface area contributed by atoms with E-state index in [1.807, 2.05) is 0 Å². The molecule has 2 fully saturated rings. The van der Waals surface area contributed by atoms with Crippen LogP contribution in [0.5, 0.6) is 0 Å². The number of hydrogen-bond donors (Lipinski definition) is 2. The number of nitrogens with one attached hydrogen (secondary N) is 2. The quantitative estimate of drug-likeness (QED) is 0.790. The molecule has 17 heavy (non-hydrogen) atoms. The molecule has 1 aliphatic heterocycles. The van der Waals surface area contributed by atoms with Gasteiger partial charge in [-0.05, 0) is 44.6 Å². The number of hydrogen-bond acceptors (Lipinski definition) is 2. The van der Waals surface area contributed by atoms with Crippen molar-refractivity contribution in [3.05, 3.63) is 0 Å². The smallest absolute Gasteiger partial charge is 0.224 e. The summed E-state index contributed by atoms with van der Waals surface area (Å²) in [5, 5.41) is 6.58. The second-order valence-corrected chi connectivity index (χ2v) is 6.23. The van der Waals surface area contributed by atoms with Crippen LogP contribution in [0.15, 0.2) is 0 Å². The molecule has 0 spiro atoms. The van der Waals surface area contributed by atoms with Gasteiger partial charge in [0.1, 0.15) is 0 Å². The van der Waals surface area contributed by atoms with E-state index in [9.17, 15) is 4.79 Å². The van der Waals surface area contributed by atoms with Crippen LogP contribution in [0, 0.1) is 11.3 Å². The first-order valence-corrected chi connectivity index (χ1v) is 7.12. The van der Waals surface area contributed by atoms with Crippen molar-refractivity contribution < 1.29 is 4.79 Å². The lowest BCUT2D eigenvalue weighted by Gasteiger charge is -2.31. The third-order valence-corrected chi connectivity index (χ3v) is 4.60. The minimum Gasteiger partial charge on any atom is -0.355 e. The fourth-order valence-electron chi connectivity index (χ4n) is 3.24. The average Bonchev–Trinajstić information content (AvgIpc) is 2.74. The summed E-state index contributed by atoms with van der Waals surface area (Å²) in [6.07, 6.45) is 7.36. The zero-order chi connectivity index (χ0) is 12.3. The number of amides is 1. The van der Waals surface area contributed by atoms with E-state index in [4.69, 9.17) is 0 Å². The number of carbonyl (C=O) groups is 1. The second kappa shape index (κ2) is 5.38. The summed E-state index contributed by atoms with van der Waals surface area (Å²) in [6, 6.07) is 0.333. The maximum Gasteiger partial charge on any atom is 0.224 e. The molecule has 2 aliphatic rings. The van der Waals surface area contributed by atoms with E-state index in [2.05, 4.69) is 24.5 Å². The van der Waals surface area contributed by atoms with Crippen LogP contribution in [0.1, 0.15) is 52.4 Å². The van der Waals surface area contributed by atoms with E-state index in [-0.39, 0.29) is 11.8 Å². The van der Waals surface area contributed by atoms with Crippen molar-refractivity contribution in [1.82, 2.24) is 10.6 Å². The van der Waals surface area contributed by atoms with Gasteiger partial charge in [0.2, 0.25) is 5.91 Å². The van der Waals surface area contributed by atoms with Crippen LogP contribution in [0.4, 0.5) is 0 Å². The second-order valence-electron chi connectivity index (χ2n) is 6.23. The van der Waals surface area contributed by atoms with Crippen molar-refractivity contribution in [2.75, 3.05) is 13.1 Å². The van der Waals surface area contributed by atoms with Gasteiger partial charge in [-0.3, -0.25) is 4.79 Å². The molecule has 0 aromatic rings. The van der Waals surface area contributed by atoms with Crippen molar-refractivity contribution in [3.8, 4) is 0 Å². The Bertz CT molecular complexity index is 271. The third-order valence-electron chi connectivity index (χ3n) is 4.60. The molecule has 1 saturated carbocycles. The molecule has 0 radical (unpaired) electrons. The maximum absolute atomic E-state index is 12.2. The zero-order valence-corrected chi connectivity index (χ0v) is 11.2. The summed E-state index contributed by atoms with van der Waals surface area (Å²) >= 11 is 0. The van der Waals surface area contributed by atoms with Crippen LogP contribution in [-0.4, -0.2) is 25.0 Å². The van der Waals surface area contributed by atoms with Crippen molar-refractivity contribution >= 4 is 5.91 Å². The summed E-state index contributed by atoms with van der Waals surface area (Å²) in [5.74, 6) is 0.437. The van der Waals surface area contributed by atoms with E-state index in [1.165, 1.54) is 25.7 Å². The van der Waals surface area contributed by atoms with E-state index in [0.29, 0.717) is 11.5 Å². The van der Waals surface area contributed by atoms with E-state index >= 15 is 0 Å². The van der Waals surface area contributed by atoms with Crippen LogP contribution in [-0.2, 0) is 4.79 Å². The lowest BCUT2D eigenvalue weighted by atomic mass is 9.87. The summed E-state index contributed by atoms with van der Waals surface area (Å²) in [5.41, 5.74) is 0.362. The standard InChI is InChI=1S/C14H26N2O/c1-11-12(6-5-9-15-11)13(17)16-10-14(2)7-3-4-8-14/h11-12,15H,3-10H2,1-2H3,(H,16,17). The highest BCUT2D eigenvalue weighted by molar-refractivity contribution is 5.79. The van der Waals surface area contributed by atoms with Crippen molar-refractivity contribution in [1.29, 1.82) is 0 Å². The Labute approximate surface area is 105 Å². The molecule has 2 atom stereocenters. The van der Waals surface area contributed by atoms with Gasteiger partial charge in [-0.15, -0.1) is 0 Å². The van der Waals surface area contributed by atoms with Gasteiger partial charge in [0.15, 0.2) is 0 Å². The van der Waals surface area contributed by atoms with Gasteiger partial charge in [-0.1, -0.05) is 19.8 Å². The molecule has 1 saturated heterocycles. The Morgan fingerprint density at radius 1 is 1.35 bits per heavy atom. The summed E-state index contributed by atoms with van der Waals surface area (Å²) in [4.78, 5) is 12.2. The van der Waals surface area contributed by atoms with Gasteiger partial charge in [0, 0.05) is 12.6 Å². The fraction of sp³-hybridized carbons (Fsp3) is 0.929. The van der Waals surface area contributed by atoms with Crippen LogP contribution in [0.2, 0.25) is 0 Å². The van der Waals surface area contributed by atoms with Gasteiger partial charge in [-0.2, -0.15) is 0 Å². The lowest BCUT2D eigenvalue weighted by Crippen LogP contribution is -2.48. The minimum absolute atomic E-state index is 0.175. The predicted molar refractivity (Wildman–Crippen MR) is 69.8 cm³/mol. The fourth-order valence-corrected chi connectivity index (χ4v) is 3.24. The molecule has 1 amide bonds. The van der Waals surface area contributed by atoms with Gasteiger partial charge >= 0.3 is 0 Å². The van der Waals surface area contributed by atoms with Gasteiger partial charge in [-0.25, -0.2) is 0 Å². The molecule has 2 unspecified atom stereocenters. The third kappa shape index (κ3) is 3.21. The van der Waals surface area contributed by atoms with E-state index in [0.717, 1.165) is 25.9 Å². The Hall–Kier alpha value is -0.570. The number of carbonyl (C=O) groups excluding carboxylic acids is 1. The van der Waals surface area contributed by atoms with E-state index < -0.39 is 0 Å². The molecule has 3 heteroatoms. The summed E-state index contributed by atoms with van der Waals surface area (Å²) in [6.45, 7) is 6.36.